The van der Waals surface area contributed by atoms with Gasteiger partial charge in [-0.2, -0.15) is 0 Å². The van der Waals surface area contributed by atoms with Gasteiger partial charge in [-0.1, -0.05) is 0 Å². The minimum Gasteiger partial charge on any atom is -0.394 e. The van der Waals surface area contributed by atoms with Gasteiger partial charge in [-0.3, -0.25) is 0 Å². The van der Waals surface area contributed by atoms with Crippen molar-refractivity contribution < 1.29 is 52.8 Å². The number of hydrogen-bond donors (Lipinski definition) is 2. The average molecular weight is 430 g/mol. The van der Waals surface area contributed by atoms with Crippen molar-refractivity contribution in [3.8, 4) is 0 Å². The minimum absolute atomic E-state index is 0.0220. The lowest BCUT2D eigenvalue weighted by atomic mass is 10.7. The smallest absolute Gasteiger partial charge is 0.149 e. The Morgan fingerprint density at radius 1 is 0.276 bits per heavy atom. The molecular weight excluding hydrogens is 392 g/mol. The Balaban J connectivity index is 2.97. The summed E-state index contributed by atoms with van der Waals surface area (Å²) < 4.78 is 46.9. The second-order valence-electron chi connectivity index (χ2n) is 5.38. The van der Waals surface area contributed by atoms with Gasteiger partial charge >= 0.3 is 0 Å². The molecular formula is C18H38O11. The molecule has 0 bridgehead atoms. The van der Waals surface area contributed by atoms with Crippen LogP contribution in [-0.4, -0.2) is 130 Å². The molecule has 0 atom stereocenters. The third-order valence-corrected chi connectivity index (χ3v) is 3.04. The quantitative estimate of drug-likeness (QED) is 0.130. The summed E-state index contributed by atoms with van der Waals surface area (Å²) in [6, 6.07) is 0. The SMILES string of the molecule is OCCOCCOCCOCCOCOCOCCOCCOCCOCCO. The molecule has 0 aromatic carbocycles. The first-order chi connectivity index (χ1) is 14.4. The molecule has 0 radical (unpaired) electrons. The molecule has 11 heteroatoms. The first-order valence-electron chi connectivity index (χ1n) is 9.83. The van der Waals surface area contributed by atoms with Crippen molar-refractivity contribution >= 4 is 0 Å². The van der Waals surface area contributed by atoms with Gasteiger partial charge in [0.2, 0.25) is 0 Å². The van der Waals surface area contributed by atoms with Gasteiger partial charge in [-0.25, -0.2) is 0 Å². The highest BCUT2D eigenvalue weighted by Gasteiger charge is 1.94. The fraction of sp³-hybridized carbons (Fsp3) is 1.00. The molecule has 2 N–H and O–H groups in total. The van der Waals surface area contributed by atoms with Gasteiger partial charge in [-0.15, -0.1) is 0 Å². The largest absolute Gasteiger partial charge is 0.394 e. The minimum atomic E-state index is 0.0220. The van der Waals surface area contributed by atoms with E-state index in [-0.39, 0.29) is 26.8 Å². The second-order valence-corrected chi connectivity index (χ2v) is 5.38. The van der Waals surface area contributed by atoms with Crippen LogP contribution in [0.2, 0.25) is 0 Å². The van der Waals surface area contributed by atoms with Crippen molar-refractivity contribution in [2.45, 2.75) is 0 Å². The van der Waals surface area contributed by atoms with Crippen molar-refractivity contribution in [3.63, 3.8) is 0 Å². The molecule has 0 aliphatic carbocycles. The summed E-state index contributed by atoms with van der Waals surface area (Å²) >= 11 is 0. The van der Waals surface area contributed by atoms with E-state index in [1.807, 2.05) is 0 Å². The molecule has 0 aromatic rings. The molecule has 176 valence electrons. The molecule has 0 amide bonds. The summed E-state index contributed by atoms with van der Waals surface area (Å²) in [5, 5.41) is 17.0. The summed E-state index contributed by atoms with van der Waals surface area (Å²) in [5.74, 6) is 0. The number of hydrogen-bond acceptors (Lipinski definition) is 11. The van der Waals surface area contributed by atoms with Crippen LogP contribution in [0.15, 0.2) is 0 Å². The molecule has 0 aliphatic heterocycles. The van der Waals surface area contributed by atoms with E-state index in [0.29, 0.717) is 92.5 Å². The Labute approximate surface area is 173 Å². The Morgan fingerprint density at radius 3 is 0.793 bits per heavy atom. The van der Waals surface area contributed by atoms with Crippen LogP contribution in [0.5, 0.6) is 0 Å². The van der Waals surface area contributed by atoms with Crippen LogP contribution in [0.25, 0.3) is 0 Å². The van der Waals surface area contributed by atoms with Crippen LogP contribution in [-0.2, 0) is 42.6 Å². The molecule has 0 unspecified atom stereocenters. The van der Waals surface area contributed by atoms with Crippen LogP contribution in [0.3, 0.4) is 0 Å². The monoisotopic (exact) mass is 430 g/mol. The van der Waals surface area contributed by atoms with Crippen molar-refractivity contribution in [2.75, 3.05) is 119 Å². The first kappa shape index (κ1) is 28.6. The average Bonchev–Trinajstić information content (AvgIpc) is 2.74. The maximum Gasteiger partial charge on any atom is 0.149 e. The van der Waals surface area contributed by atoms with E-state index >= 15 is 0 Å². The summed E-state index contributed by atoms with van der Waals surface area (Å²) in [4.78, 5) is 0. The van der Waals surface area contributed by atoms with E-state index in [2.05, 4.69) is 0 Å². The zero-order chi connectivity index (χ0) is 21.1. The topological polar surface area (TPSA) is 124 Å². The van der Waals surface area contributed by atoms with Gasteiger partial charge in [0, 0.05) is 0 Å². The molecule has 29 heavy (non-hydrogen) atoms. The van der Waals surface area contributed by atoms with Crippen molar-refractivity contribution in [2.24, 2.45) is 0 Å². The highest BCUT2D eigenvalue weighted by atomic mass is 16.7. The number of rotatable bonds is 26. The molecule has 0 aliphatic rings. The van der Waals surface area contributed by atoms with Gasteiger partial charge in [-0.05, 0) is 0 Å². The normalized spacial score (nSPS) is 11.4. The number of aliphatic hydroxyl groups excluding tert-OH is 2. The molecule has 0 rings (SSSR count). The van der Waals surface area contributed by atoms with E-state index in [4.69, 9.17) is 52.8 Å². The van der Waals surface area contributed by atoms with Crippen molar-refractivity contribution in [1.29, 1.82) is 0 Å². The third kappa shape index (κ3) is 27.6. The summed E-state index contributed by atoms with van der Waals surface area (Å²) in [6.07, 6.45) is 0. The third-order valence-electron chi connectivity index (χ3n) is 3.04. The molecule has 11 nitrogen and oxygen atoms in total. The van der Waals surface area contributed by atoms with Crippen LogP contribution >= 0.6 is 0 Å². The number of ether oxygens (including phenoxy) is 9. The Hall–Kier alpha value is -0.440. The van der Waals surface area contributed by atoms with Gasteiger partial charge < -0.3 is 52.8 Å². The summed E-state index contributed by atoms with van der Waals surface area (Å²) in [5.41, 5.74) is 0. The van der Waals surface area contributed by atoms with E-state index in [9.17, 15) is 0 Å². The van der Waals surface area contributed by atoms with Gasteiger partial charge in [0.05, 0.1) is 106 Å². The Morgan fingerprint density at radius 2 is 0.517 bits per heavy atom. The van der Waals surface area contributed by atoms with Crippen LogP contribution in [0, 0.1) is 0 Å². The van der Waals surface area contributed by atoms with E-state index in [0.717, 1.165) is 0 Å². The van der Waals surface area contributed by atoms with Crippen LogP contribution < -0.4 is 0 Å². The summed E-state index contributed by atoms with van der Waals surface area (Å²) in [7, 11) is 0. The van der Waals surface area contributed by atoms with Crippen molar-refractivity contribution in [3.05, 3.63) is 0 Å². The van der Waals surface area contributed by atoms with Crippen molar-refractivity contribution in [1.82, 2.24) is 0 Å². The standard InChI is InChI=1S/C18H38O11/c19-1-3-21-5-7-23-9-11-25-13-15-27-17-29-18-28-16-14-26-12-10-24-8-6-22-4-2-20/h19-20H,1-18H2. The van der Waals surface area contributed by atoms with E-state index in [1.54, 1.807) is 0 Å². The van der Waals surface area contributed by atoms with Gasteiger partial charge in [0.25, 0.3) is 0 Å². The fourth-order valence-electron chi connectivity index (χ4n) is 1.72. The van der Waals surface area contributed by atoms with Gasteiger partial charge in [0.1, 0.15) is 13.6 Å². The van der Waals surface area contributed by atoms with E-state index in [1.165, 1.54) is 0 Å². The Kier molecular flexibility index (Phi) is 27.1. The molecule has 0 saturated heterocycles. The number of aliphatic hydroxyl groups is 2. The zero-order valence-corrected chi connectivity index (χ0v) is 17.3. The second kappa shape index (κ2) is 27.6. The molecule has 0 aromatic heterocycles. The highest BCUT2D eigenvalue weighted by Crippen LogP contribution is 1.86. The molecule has 0 saturated carbocycles. The molecule has 0 fully saturated rings. The molecule has 0 spiro atoms. The molecule has 0 heterocycles. The predicted octanol–water partition coefficient (Wildman–Crippen LogP) is -0.965. The fourth-order valence-corrected chi connectivity index (χ4v) is 1.72. The maximum absolute atomic E-state index is 8.52. The first-order valence-corrected chi connectivity index (χ1v) is 9.83. The van der Waals surface area contributed by atoms with Crippen LogP contribution in [0.4, 0.5) is 0 Å². The Bertz CT molecular complexity index is 259. The van der Waals surface area contributed by atoms with E-state index < -0.39 is 0 Å². The van der Waals surface area contributed by atoms with Crippen LogP contribution in [0.1, 0.15) is 0 Å². The highest BCUT2D eigenvalue weighted by molar-refractivity contribution is 4.35. The summed E-state index contributed by atoms with van der Waals surface area (Å²) in [6.45, 7) is 6.56. The lowest BCUT2D eigenvalue weighted by Gasteiger charge is -2.09. The predicted molar refractivity (Wildman–Crippen MR) is 102 cm³/mol. The lowest BCUT2D eigenvalue weighted by Crippen LogP contribution is -2.14. The zero-order valence-electron chi connectivity index (χ0n) is 17.3. The maximum atomic E-state index is 8.52. The lowest BCUT2D eigenvalue weighted by molar-refractivity contribution is -0.142. The van der Waals surface area contributed by atoms with Gasteiger partial charge in [0.15, 0.2) is 0 Å².